The van der Waals surface area contributed by atoms with Crippen LogP contribution in [0.5, 0.6) is 11.5 Å². The van der Waals surface area contributed by atoms with Crippen LogP contribution in [-0.2, 0) is 16.6 Å². The number of nitro groups is 1. The predicted molar refractivity (Wildman–Crippen MR) is 113 cm³/mol. The van der Waals surface area contributed by atoms with Crippen LogP contribution >= 0.6 is 0 Å². The van der Waals surface area contributed by atoms with Crippen molar-refractivity contribution < 1.29 is 19.2 Å². The molecule has 0 N–H and O–H groups in total. The number of likely N-dealkylation sites (tertiary alicyclic amines) is 1. The molecule has 2 aliphatic carbocycles. The van der Waals surface area contributed by atoms with Gasteiger partial charge in [0.25, 0.3) is 5.69 Å². The smallest absolute Gasteiger partial charge is 0.269 e. The maximum absolute atomic E-state index is 13.9. The predicted octanol–water partition coefficient (Wildman–Crippen LogP) is 3.24. The maximum Gasteiger partial charge on any atom is 0.269 e. The van der Waals surface area contributed by atoms with E-state index >= 15 is 0 Å². The Morgan fingerprint density at radius 3 is 2.90 bits per heavy atom. The minimum Gasteiger partial charge on any atom is -0.493 e. The largest absolute Gasteiger partial charge is 0.493 e. The summed E-state index contributed by atoms with van der Waals surface area (Å²) in [7, 11) is 3.79. The Hall–Kier alpha value is -2.93. The number of carbonyl (C=O) groups excluding carboxylic acids is 1. The number of hydrogen-bond donors (Lipinski definition) is 0. The molecule has 2 aromatic carbocycles. The Kier molecular flexibility index (Phi) is 3.82. The Morgan fingerprint density at radius 2 is 2.13 bits per heavy atom. The first-order valence-corrected chi connectivity index (χ1v) is 10.8. The second-order valence-electron chi connectivity index (χ2n) is 9.32. The number of ether oxygens (including phenoxy) is 2. The molecule has 1 saturated carbocycles. The van der Waals surface area contributed by atoms with E-state index in [-0.39, 0.29) is 22.8 Å². The zero-order valence-electron chi connectivity index (χ0n) is 17.5. The molecule has 0 radical (unpaired) electrons. The average Bonchev–Trinajstić information content (AvgIpc) is 3.12. The Bertz CT molecular complexity index is 1130. The summed E-state index contributed by atoms with van der Waals surface area (Å²) >= 11 is 0. The van der Waals surface area contributed by atoms with E-state index in [9.17, 15) is 14.9 Å². The second-order valence-corrected chi connectivity index (χ2v) is 9.32. The van der Waals surface area contributed by atoms with Crippen molar-refractivity contribution >= 4 is 11.5 Å². The monoisotopic (exact) mass is 420 g/mol. The molecule has 1 saturated heterocycles. The summed E-state index contributed by atoms with van der Waals surface area (Å²) in [5.41, 5.74) is 2.84. The lowest BCUT2D eigenvalue weighted by Crippen LogP contribution is -2.66. The highest BCUT2D eigenvalue weighted by Crippen LogP contribution is 2.64. The van der Waals surface area contributed by atoms with Gasteiger partial charge in [-0.1, -0.05) is 18.2 Å². The van der Waals surface area contributed by atoms with Crippen molar-refractivity contribution in [3.05, 3.63) is 63.2 Å². The Balaban J connectivity index is 1.52. The van der Waals surface area contributed by atoms with Gasteiger partial charge in [0.15, 0.2) is 23.4 Å². The fraction of sp³-hybridized carbons (Fsp3) is 0.458. The normalized spacial score (nSPS) is 32.9. The van der Waals surface area contributed by atoms with Crippen LogP contribution in [0.2, 0.25) is 0 Å². The molecule has 7 nitrogen and oxygen atoms in total. The molecular weight excluding hydrogens is 396 g/mol. The van der Waals surface area contributed by atoms with Gasteiger partial charge in [-0.15, -0.1) is 0 Å². The molecule has 0 unspecified atom stereocenters. The SMILES string of the molecule is COc1ccc2c3c1O[C@H]1C(=O)[C@@H](c4cccc([N+](=O)[O-])c4)C[C@H]4[C@@H](C2)N(C)CC[C@]314. The minimum atomic E-state index is -0.572. The van der Waals surface area contributed by atoms with Crippen LogP contribution in [0, 0.1) is 16.0 Å². The molecule has 0 amide bonds. The fourth-order valence-electron chi connectivity index (χ4n) is 6.83. The highest BCUT2D eigenvalue weighted by atomic mass is 16.6. The van der Waals surface area contributed by atoms with Gasteiger partial charge in [0, 0.05) is 35.1 Å². The molecule has 2 heterocycles. The number of carbonyl (C=O) groups is 1. The number of hydrogen-bond acceptors (Lipinski definition) is 6. The van der Waals surface area contributed by atoms with Crippen LogP contribution in [0.25, 0.3) is 0 Å². The zero-order valence-corrected chi connectivity index (χ0v) is 17.5. The number of piperidine rings is 1. The lowest BCUT2D eigenvalue weighted by Gasteiger charge is -2.58. The zero-order chi connectivity index (χ0) is 21.5. The first kappa shape index (κ1) is 18.8. The fourth-order valence-corrected chi connectivity index (χ4v) is 6.83. The number of Topliss-reactive ketones (excluding diaryl/α,β-unsaturated/α-hetero) is 1. The number of non-ortho nitro benzene ring substituents is 1. The number of rotatable bonds is 3. The summed E-state index contributed by atoms with van der Waals surface area (Å²) in [4.78, 5) is 27.2. The molecule has 31 heavy (non-hydrogen) atoms. The van der Waals surface area contributed by atoms with Gasteiger partial charge >= 0.3 is 0 Å². The number of methoxy groups -OCH3 is 1. The summed E-state index contributed by atoms with van der Waals surface area (Å²) < 4.78 is 12.1. The molecule has 6 rings (SSSR count). The Labute approximate surface area is 180 Å². The van der Waals surface area contributed by atoms with Gasteiger partial charge in [0.05, 0.1) is 12.0 Å². The van der Waals surface area contributed by atoms with E-state index in [1.165, 1.54) is 17.2 Å². The highest BCUT2D eigenvalue weighted by Gasteiger charge is 2.67. The third kappa shape index (κ3) is 2.30. The van der Waals surface area contributed by atoms with E-state index in [1.54, 1.807) is 19.2 Å². The summed E-state index contributed by atoms with van der Waals surface area (Å²) in [6.07, 6.45) is 1.90. The first-order valence-electron chi connectivity index (χ1n) is 10.8. The van der Waals surface area contributed by atoms with Crippen LogP contribution in [0.1, 0.15) is 35.4 Å². The third-order valence-electron chi connectivity index (χ3n) is 8.17. The molecule has 7 heteroatoms. The van der Waals surface area contributed by atoms with Crippen molar-refractivity contribution in [1.29, 1.82) is 0 Å². The van der Waals surface area contributed by atoms with Crippen LogP contribution in [-0.4, -0.2) is 48.5 Å². The van der Waals surface area contributed by atoms with Crippen molar-refractivity contribution in [2.75, 3.05) is 20.7 Å². The average molecular weight is 420 g/mol. The van der Waals surface area contributed by atoms with Gasteiger partial charge in [0.2, 0.25) is 0 Å². The number of nitrogens with zero attached hydrogens (tertiary/aromatic N) is 2. The molecule has 4 aliphatic rings. The topological polar surface area (TPSA) is 81.9 Å². The standard InChI is InChI=1S/C24H24N2O5/c1-25-9-8-24-17-12-16(13-4-3-5-15(10-13)26(28)29)21(27)23(24)31-22-19(30-2)7-6-14(20(22)24)11-18(17)25/h3-7,10,16-18,23H,8-9,11-12H2,1-2H3/t16-,17+,18-,23+,24+/m1/s1. The van der Waals surface area contributed by atoms with Crippen molar-refractivity contribution in [3.63, 3.8) is 0 Å². The molecule has 2 bridgehead atoms. The van der Waals surface area contributed by atoms with Crippen LogP contribution in [0.15, 0.2) is 36.4 Å². The molecule has 5 atom stereocenters. The molecule has 160 valence electrons. The van der Waals surface area contributed by atoms with E-state index in [1.807, 2.05) is 12.1 Å². The van der Waals surface area contributed by atoms with Crippen molar-refractivity contribution in [3.8, 4) is 11.5 Å². The van der Waals surface area contributed by atoms with Crippen molar-refractivity contribution in [2.45, 2.75) is 42.7 Å². The summed E-state index contributed by atoms with van der Waals surface area (Å²) in [5, 5.41) is 11.3. The van der Waals surface area contributed by atoms with Crippen LogP contribution < -0.4 is 9.47 Å². The van der Waals surface area contributed by atoms with E-state index in [2.05, 4.69) is 18.0 Å². The van der Waals surface area contributed by atoms with Gasteiger partial charge in [-0.25, -0.2) is 0 Å². The van der Waals surface area contributed by atoms with E-state index < -0.39 is 16.9 Å². The number of ketones is 1. The number of likely N-dealkylation sites (N-methyl/N-ethyl adjacent to an activating group) is 1. The minimum absolute atomic E-state index is 0.0196. The lowest BCUT2D eigenvalue weighted by molar-refractivity contribution is -0.384. The lowest BCUT2D eigenvalue weighted by atomic mass is 9.49. The number of benzene rings is 2. The molecule has 2 fully saturated rings. The van der Waals surface area contributed by atoms with Crippen molar-refractivity contribution in [1.82, 2.24) is 4.90 Å². The molecule has 2 aliphatic heterocycles. The van der Waals surface area contributed by atoms with E-state index in [0.29, 0.717) is 23.8 Å². The van der Waals surface area contributed by atoms with Crippen LogP contribution in [0.3, 0.4) is 0 Å². The van der Waals surface area contributed by atoms with Gasteiger partial charge in [0.1, 0.15) is 0 Å². The molecular formula is C24H24N2O5. The molecule has 0 aromatic heterocycles. The third-order valence-corrected chi connectivity index (χ3v) is 8.17. The first-order chi connectivity index (χ1) is 15.0. The molecule has 2 aromatic rings. The summed E-state index contributed by atoms with van der Waals surface area (Å²) in [5.74, 6) is 1.29. The summed E-state index contributed by atoms with van der Waals surface area (Å²) in [6.45, 7) is 0.922. The van der Waals surface area contributed by atoms with Gasteiger partial charge in [-0.3, -0.25) is 14.9 Å². The van der Waals surface area contributed by atoms with E-state index in [4.69, 9.17) is 9.47 Å². The number of nitro benzene ring substituents is 1. The second kappa shape index (κ2) is 6.29. The van der Waals surface area contributed by atoms with Gasteiger partial charge < -0.3 is 14.4 Å². The Morgan fingerprint density at radius 1 is 1.29 bits per heavy atom. The summed E-state index contributed by atoms with van der Waals surface area (Å²) in [6, 6.07) is 10.9. The van der Waals surface area contributed by atoms with Crippen LogP contribution in [0.4, 0.5) is 5.69 Å². The van der Waals surface area contributed by atoms with Gasteiger partial charge in [-0.05, 0) is 56.0 Å². The van der Waals surface area contributed by atoms with Crippen molar-refractivity contribution in [2.24, 2.45) is 5.92 Å². The molecule has 1 spiro atoms. The highest BCUT2D eigenvalue weighted by molar-refractivity contribution is 5.94. The van der Waals surface area contributed by atoms with E-state index in [0.717, 1.165) is 25.1 Å². The van der Waals surface area contributed by atoms with Gasteiger partial charge in [-0.2, -0.15) is 0 Å². The maximum atomic E-state index is 13.9. The quantitative estimate of drug-likeness (QED) is 0.560.